The predicted molar refractivity (Wildman–Crippen MR) is 78.1 cm³/mol. The van der Waals surface area contributed by atoms with Crippen LogP contribution in [0.1, 0.15) is 11.1 Å². The molecule has 19 heavy (non-hydrogen) atoms. The lowest BCUT2D eigenvalue weighted by atomic mass is 10.1. The van der Waals surface area contributed by atoms with E-state index < -0.39 is 0 Å². The van der Waals surface area contributed by atoms with E-state index in [1.165, 1.54) is 6.07 Å². The summed E-state index contributed by atoms with van der Waals surface area (Å²) in [7, 11) is 0. The maximum atomic E-state index is 13.4. The minimum Gasteiger partial charge on any atom is -0.340 e. The highest BCUT2D eigenvalue weighted by Crippen LogP contribution is 2.38. The first-order chi connectivity index (χ1) is 9.19. The van der Waals surface area contributed by atoms with Crippen molar-refractivity contribution < 1.29 is 4.39 Å². The van der Waals surface area contributed by atoms with Gasteiger partial charge in [0.15, 0.2) is 0 Å². The highest BCUT2D eigenvalue weighted by atomic mass is 35.5. The molecule has 0 fully saturated rings. The van der Waals surface area contributed by atoms with Crippen molar-refractivity contribution in [2.75, 3.05) is 11.4 Å². The van der Waals surface area contributed by atoms with Crippen LogP contribution in [0, 0.1) is 5.82 Å². The minimum absolute atomic E-state index is 0.223. The molecule has 0 amide bonds. The average Bonchev–Trinajstić information content (AvgIpc) is 2.81. The summed E-state index contributed by atoms with van der Waals surface area (Å²) in [5.74, 6) is 0.213. The fourth-order valence-corrected chi connectivity index (χ4v) is 2.93. The van der Waals surface area contributed by atoms with Crippen molar-refractivity contribution in [3.8, 4) is 0 Å². The summed E-state index contributed by atoms with van der Waals surface area (Å²) in [6, 6.07) is 10.7. The van der Waals surface area contributed by atoms with Crippen LogP contribution in [0.5, 0.6) is 0 Å². The Hall–Kier alpha value is -1.25. The highest BCUT2D eigenvalue weighted by molar-refractivity contribution is 6.33. The molecule has 4 heteroatoms. The highest BCUT2D eigenvalue weighted by Gasteiger charge is 2.22. The predicted octanol–water partition coefficient (Wildman–Crippen LogP) is 4.91. The van der Waals surface area contributed by atoms with Crippen LogP contribution in [0.3, 0.4) is 0 Å². The molecule has 0 N–H and O–H groups in total. The number of nitrogens with zero attached hydrogens (tertiary/aromatic N) is 1. The van der Waals surface area contributed by atoms with Gasteiger partial charge in [-0.1, -0.05) is 23.7 Å². The number of benzene rings is 2. The van der Waals surface area contributed by atoms with Gasteiger partial charge in [-0.2, -0.15) is 0 Å². The van der Waals surface area contributed by atoms with Crippen LogP contribution in [-0.2, 0) is 12.3 Å². The van der Waals surface area contributed by atoms with Gasteiger partial charge in [-0.15, -0.1) is 11.6 Å². The SMILES string of the molecule is Fc1ccc2c(c1)N(c1ccc(CCl)cc1Cl)CC2. The summed E-state index contributed by atoms with van der Waals surface area (Å²) >= 11 is 12.1. The third-order valence-electron chi connectivity index (χ3n) is 3.40. The lowest BCUT2D eigenvalue weighted by molar-refractivity contribution is 0.628. The fraction of sp³-hybridized carbons (Fsp3) is 0.200. The zero-order chi connectivity index (χ0) is 13.4. The van der Waals surface area contributed by atoms with Crippen molar-refractivity contribution in [3.05, 3.63) is 58.4 Å². The summed E-state index contributed by atoms with van der Waals surface area (Å²) in [5.41, 5.74) is 3.94. The van der Waals surface area contributed by atoms with Gasteiger partial charge in [-0.3, -0.25) is 0 Å². The molecular formula is C15H12Cl2FN. The van der Waals surface area contributed by atoms with Gasteiger partial charge in [0.2, 0.25) is 0 Å². The van der Waals surface area contributed by atoms with Gasteiger partial charge in [-0.25, -0.2) is 4.39 Å². The van der Waals surface area contributed by atoms with Crippen molar-refractivity contribution in [1.29, 1.82) is 0 Å². The van der Waals surface area contributed by atoms with E-state index in [4.69, 9.17) is 23.2 Å². The van der Waals surface area contributed by atoms with E-state index in [1.54, 1.807) is 6.07 Å². The number of hydrogen-bond acceptors (Lipinski definition) is 1. The lowest BCUT2D eigenvalue weighted by Crippen LogP contribution is -2.13. The van der Waals surface area contributed by atoms with E-state index in [0.717, 1.165) is 35.5 Å². The summed E-state index contributed by atoms with van der Waals surface area (Å²) in [6.07, 6.45) is 0.906. The van der Waals surface area contributed by atoms with Crippen molar-refractivity contribution >= 4 is 34.6 Å². The van der Waals surface area contributed by atoms with E-state index >= 15 is 0 Å². The van der Waals surface area contributed by atoms with Crippen LogP contribution in [0.2, 0.25) is 5.02 Å². The van der Waals surface area contributed by atoms with Crippen LogP contribution in [0.4, 0.5) is 15.8 Å². The van der Waals surface area contributed by atoms with E-state index in [-0.39, 0.29) is 5.82 Å². The maximum Gasteiger partial charge on any atom is 0.125 e. The lowest BCUT2D eigenvalue weighted by Gasteiger charge is -2.21. The van der Waals surface area contributed by atoms with Crippen LogP contribution in [-0.4, -0.2) is 6.54 Å². The Labute approximate surface area is 121 Å². The summed E-state index contributed by atoms with van der Waals surface area (Å²) in [4.78, 5) is 2.05. The molecule has 2 aromatic rings. The number of alkyl halides is 1. The standard InChI is InChI=1S/C15H12Cl2FN/c16-9-10-1-4-14(13(17)7-10)19-6-5-11-2-3-12(18)8-15(11)19/h1-4,7-8H,5-6,9H2. The zero-order valence-electron chi connectivity index (χ0n) is 10.2. The van der Waals surface area contributed by atoms with Gasteiger partial charge in [-0.05, 0) is 41.8 Å². The number of anilines is 2. The Bertz CT molecular complexity index is 628. The number of halogens is 3. The molecule has 0 aliphatic carbocycles. The first-order valence-electron chi connectivity index (χ1n) is 6.09. The van der Waals surface area contributed by atoms with Crippen LogP contribution < -0.4 is 4.90 Å². The van der Waals surface area contributed by atoms with Crippen molar-refractivity contribution in [2.24, 2.45) is 0 Å². The molecule has 1 nitrogen and oxygen atoms in total. The second kappa shape index (κ2) is 5.03. The Kier molecular flexibility index (Phi) is 3.38. The molecule has 1 aliphatic heterocycles. The molecule has 2 aromatic carbocycles. The smallest absolute Gasteiger partial charge is 0.125 e. The summed E-state index contributed by atoms with van der Waals surface area (Å²) in [6.45, 7) is 0.818. The topological polar surface area (TPSA) is 3.24 Å². The van der Waals surface area contributed by atoms with Crippen molar-refractivity contribution in [3.63, 3.8) is 0 Å². The van der Waals surface area contributed by atoms with E-state index in [2.05, 4.69) is 4.90 Å². The zero-order valence-corrected chi connectivity index (χ0v) is 11.7. The third-order valence-corrected chi connectivity index (χ3v) is 4.01. The van der Waals surface area contributed by atoms with Crippen LogP contribution in [0.15, 0.2) is 36.4 Å². The Morgan fingerprint density at radius 1 is 1.11 bits per heavy atom. The van der Waals surface area contributed by atoms with E-state index in [9.17, 15) is 4.39 Å². The van der Waals surface area contributed by atoms with Crippen LogP contribution >= 0.6 is 23.2 Å². The monoisotopic (exact) mass is 295 g/mol. The van der Waals surface area contributed by atoms with Crippen LogP contribution in [0.25, 0.3) is 0 Å². The van der Waals surface area contributed by atoms with Crippen molar-refractivity contribution in [2.45, 2.75) is 12.3 Å². The molecule has 0 saturated carbocycles. The maximum absolute atomic E-state index is 13.4. The Morgan fingerprint density at radius 2 is 1.95 bits per heavy atom. The quantitative estimate of drug-likeness (QED) is 0.712. The first-order valence-corrected chi connectivity index (χ1v) is 7.00. The number of rotatable bonds is 2. The molecule has 1 heterocycles. The molecule has 0 unspecified atom stereocenters. The molecule has 0 aromatic heterocycles. The molecule has 0 bridgehead atoms. The van der Waals surface area contributed by atoms with Gasteiger partial charge in [0.05, 0.1) is 10.7 Å². The molecule has 0 radical (unpaired) electrons. The number of fused-ring (bicyclic) bond motifs is 1. The largest absolute Gasteiger partial charge is 0.340 e. The molecular weight excluding hydrogens is 284 g/mol. The normalized spacial score (nSPS) is 13.7. The van der Waals surface area contributed by atoms with E-state index in [0.29, 0.717) is 10.9 Å². The third kappa shape index (κ3) is 2.31. The van der Waals surface area contributed by atoms with Gasteiger partial charge < -0.3 is 4.90 Å². The summed E-state index contributed by atoms with van der Waals surface area (Å²) in [5, 5.41) is 0.648. The van der Waals surface area contributed by atoms with Gasteiger partial charge >= 0.3 is 0 Å². The molecule has 1 aliphatic rings. The Morgan fingerprint density at radius 3 is 2.68 bits per heavy atom. The molecule has 0 atom stereocenters. The van der Waals surface area contributed by atoms with Crippen molar-refractivity contribution in [1.82, 2.24) is 0 Å². The minimum atomic E-state index is -0.223. The van der Waals surface area contributed by atoms with Gasteiger partial charge in [0.25, 0.3) is 0 Å². The Balaban J connectivity index is 2.04. The van der Waals surface area contributed by atoms with Gasteiger partial charge in [0.1, 0.15) is 5.82 Å². The molecule has 0 spiro atoms. The molecule has 3 rings (SSSR count). The molecule has 0 saturated heterocycles. The average molecular weight is 296 g/mol. The fourth-order valence-electron chi connectivity index (χ4n) is 2.46. The second-order valence-electron chi connectivity index (χ2n) is 4.59. The summed E-state index contributed by atoms with van der Waals surface area (Å²) < 4.78 is 13.4. The number of hydrogen-bond donors (Lipinski definition) is 0. The molecule has 98 valence electrons. The van der Waals surface area contributed by atoms with Gasteiger partial charge in [0, 0.05) is 18.1 Å². The first kappa shape index (κ1) is 12.8. The second-order valence-corrected chi connectivity index (χ2v) is 5.27. The van der Waals surface area contributed by atoms with E-state index in [1.807, 2.05) is 24.3 Å².